The molecule has 0 aliphatic carbocycles. The van der Waals surface area contributed by atoms with E-state index >= 15 is 0 Å². The van der Waals surface area contributed by atoms with Crippen molar-refractivity contribution >= 4 is 33.5 Å². The van der Waals surface area contributed by atoms with Crippen LogP contribution in [-0.4, -0.2) is 98.3 Å². The first kappa shape index (κ1) is 21.7. The molecule has 12 heteroatoms. The number of carbonyl (C=O) groups is 2. The fraction of sp³-hybridized carbons (Fsp3) is 0.857. The molecule has 0 aromatic rings. The fourth-order valence-electron chi connectivity index (χ4n) is 2.04. The molecule has 0 amide bonds. The summed E-state index contributed by atoms with van der Waals surface area (Å²) in [6, 6.07) is -1.49. The van der Waals surface area contributed by atoms with E-state index in [1.807, 2.05) is 0 Å². The van der Waals surface area contributed by atoms with Crippen molar-refractivity contribution in [3.05, 3.63) is 0 Å². The van der Waals surface area contributed by atoms with Gasteiger partial charge in [0.05, 0.1) is 52.6 Å². The van der Waals surface area contributed by atoms with Crippen LogP contribution in [0.15, 0.2) is 0 Å². The third-order valence-corrected chi connectivity index (χ3v) is 6.04. The molecular weight excluding hydrogens is 384 g/mol. The Bertz CT molecular complexity index is 409. The van der Waals surface area contributed by atoms with E-state index in [-0.39, 0.29) is 0 Å². The van der Waals surface area contributed by atoms with Crippen molar-refractivity contribution in [3.8, 4) is 0 Å². The van der Waals surface area contributed by atoms with Crippen LogP contribution in [0.2, 0.25) is 0 Å². The molecule has 0 radical (unpaired) electrons. The van der Waals surface area contributed by atoms with E-state index in [4.69, 9.17) is 30.6 Å². The van der Waals surface area contributed by atoms with Gasteiger partial charge in [-0.25, -0.2) is 9.59 Å². The van der Waals surface area contributed by atoms with Gasteiger partial charge >= 0.3 is 11.9 Å². The first-order valence-corrected chi connectivity index (χ1v) is 10.9. The van der Waals surface area contributed by atoms with Gasteiger partial charge in [0.2, 0.25) is 0 Å². The zero-order valence-electron chi connectivity index (χ0n) is 14.5. The molecular formula is C14H26N4O6S2. The summed E-state index contributed by atoms with van der Waals surface area (Å²) in [6.07, 6.45) is 0. The molecule has 26 heavy (non-hydrogen) atoms. The Kier molecular flexibility index (Phi) is 9.99. The van der Waals surface area contributed by atoms with E-state index in [1.54, 1.807) is 10.1 Å². The molecule has 0 bridgehead atoms. The first-order valence-electron chi connectivity index (χ1n) is 8.41. The van der Waals surface area contributed by atoms with E-state index in [9.17, 15) is 9.59 Å². The molecule has 2 aliphatic heterocycles. The van der Waals surface area contributed by atoms with Gasteiger partial charge in [-0.3, -0.25) is 0 Å². The topological polar surface area (TPSA) is 130 Å². The van der Waals surface area contributed by atoms with Crippen LogP contribution in [-0.2, 0) is 28.7 Å². The smallest absolute Gasteiger partial charge is 0.342 e. The lowest BCUT2D eigenvalue weighted by atomic mass is 10.4. The summed E-state index contributed by atoms with van der Waals surface area (Å²) in [7, 11) is 2.74. The average molecular weight is 411 g/mol. The van der Waals surface area contributed by atoms with Gasteiger partial charge in [-0.05, 0) is 0 Å². The molecule has 2 atom stereocenters. The molecule has 150 valence electrons. The Hall–Kier alpha value is -0.600. The summed E-state index contributed by atoms with van der Waals surface area (Å²) >= 11 is 0. The zero-order valence-corrected chi connectivity index (χ0v) is 16.2. The van der Waals surface area contributed by atoms with Gasteiger partial charge in [0.1, 0.15) is 12.1 Å². The molecule has 2 aliphatic rings. The highest BCUT2D eigenvalue weighted by molar-refractivity contribution is 8.76. The molecule has 0 aromatic heterocycles. The molecule has 4 N–H and O–H groups in total. The summed E-state index contributed by atoms with van der Waals surface area (Å²) in [6.45, 7) is 4.30. The van der Waals surface area contributed by atoms with E-state index in [0.717, 1.165) is 0 Å². The number of hydrogen-bond acceptors (Lipinski definition) is 12. The summed E-state index contributed by atoms with van der Waals surface area (Å²) in [4.78, 5) is 34.2. The van der Waals surface area contributed by atoms with Gasteiger partial charge in [0, 0.05) is 11.5 Å². The molecule has 2 fully saturated rings. The van der Waals surface area contributed by atoms with E-state index < -0.39 is 24.0 Å². The highest BCUT2D eigenvalue weighted by Gasteiger charge is 2.23. The lowest BCUT2D eigenvalue weighted by Gasteiger charge is -2.26. The van der Waals surface area contributed by atoms with Crippen molar-refractivity contribution in [3.63, 3.8) is 0 Å². The number of nitrogens with zero attached hydrogens (tertiary/aromatic N) is 2. The van der Waals surface area contributed by atoms with E-state index in [2.05, 4.69) is 0 Å². The number of ether oxygens (including phenoxy) is 2. The van der Waals surface area contributed by atoms with Gasteiger partial charge < -0.3 is 30.6 Å². The molecule has 2 rings (SSSR count). The van der Waals surface area contributed by atoms with Crippen LogP contribution in [0.3, 0.4) is 0 Å². The van der Waals surface area contributed by atoms with Crippen LogP contribution in [0.4, 0.5) is 0 Å². The van der Waals surface area contributed by atoms with Crippen molar-refractivity contribution in [2.45, 2.75) is 12.1 Å². The second kappa shape index (κ2) is 12.0. The number of hydroxylamine groups is 4. The standard InChI is InChI=1S/C14H26N4O6S2/c15-11(13(19)23-17-1-5-21-6-2-17)9-25-26-10-12(16)14(20)24-18-3-7-22-8-4-18/h11-12H,1-10,15-16H2/t11-,12-/m0/s1. The monoisotopic (exact) mass is 410 g/mol. The normalized spacial score (nSPS) is 21.8. The Morgan fingerprint density at radius 3 is 1.50 bits per heavy atom. The van der Waals surface area contributed by atoms with E-state index in [0.29, 0.717) is 64.1 Å². The quantitative estimate of drug-likeness (QED) is 0.342. The van der Waals surface area contributed by atoms with Crippen molar-refractivity contribution in [2.75, 3.05) is 64.1 Å². The predicted molar refractivity (Wildman–Crippen MR) is 97.8 cm³/mol. The number of morpholine rings is 2. The fourth-order valence-corrected chi connectivity index (χ4v) is 4.26. The molecule has 0 spiro atoms. The van der Waals surface area contributed by atoms with Crippen LogP contribution in [0.1, 0.15) is 0 Å². The Morgan fingerprint density at radius 1 is 0.808 bits per heavy atom. The number of carbonyl (C=O) groups excluding carboxylic acids is 2. The average Bonchev–Trinajstić information content (AvgIpc) is 2.66. The number of nitrogens with two attached hydrogens (primary N) is 2. The lowest BCUT2D eigenvalue weighted by Crippen LogP contribution is -2.44. The summed E-state index contributed by atoms with van der Waals surface area (Å²) < 4.78 is 10.4. The van der Waals surface area contributed by atoms with Crippen molar-refractivity contribution in [1.29, 1.82) is 0 Å². The number of hydrogen-bond donors (Lipinski definition) is 2. The lowest BCUT2D eigenvalue weighted by molar-refractivity contribution is -0.207. The molecule has 0 aromatic carbocycles. The van der Waals surface area contributed by atoms with E-state index in [1.165, 1.54) is 21.6 Å². The van der Waals surface area contributed by atoms with Gasteiger partial charge in [-0.2, -0.15) is 0 Å². The second-order valence-electron chi connectivity index (χ2n) is 5.69. The second-order valence-corrected chi connectivity index (χ2v) is 8.24. The van der Waals surface area contributed by atoms with Gasteiger partial charge in [0.15, 0.2) is 0 Å². The Labute approximate surface area is 160 Å². The zero-order chi connectivity index (χ0) is 18.8. The molecule has 0 saturated carbocycles. The largest absolute Gasteiger partial charge is 0.379 e. The molecule has 2 heterocycles. The van der Waals surface area contributed by atoms with Crippen molar-refractivity contribution in [2.24, 2.45) is 11.5 Å². The summed E-state index contributed by atoms with van der Waals surface area (Å²) in [5.41, 5.74) is 11.7. The number of rotatable bonds is 9. The van der Waals surface area contributed by atoms with Gasteiger partial charge in [-0.15, -0.1) is 10.1 Å². The molecule has 2 saturated heterocycles. The van der Waals surface area contributed by atoms with Crippen LogP contribution in [0.5, 0.6) is 0 Å². The maximum absolute atomic E-state index is 11.9. The Morgan fingerprint density at radius 2 is 1.15 bits per heavy atom. The van der Waals surface area contributed by atoms with Crippen molar-refractivity contribution in [1.82, 2.24) is 10.1 Å². The summed E-state index contributed by atoms with van der Waals surface area (Å²) in [5.74, 6) is -0.231. The Balaban J connectivity index is 1.55. The molecule has 10 nitrogen and oxygen atoms in total. The predicted octanol–water partition coefficient (Wildman–Crippen LogP) is -1.40. The summed E-state index contributed by atoms with van der Waals surface area (Å²) in [5, 5.41) is 3.11. The third kappa shape index (κ3) is 7.96. The van der Waals surface area contributed by atoms with Crippen LogP contribution in [0, 0.1) is 0 Å². The van der Waals surface area contributed by atoms with Crippen LogP contribution in [0.25, 0.3) is 0 Å². The minimum absolute atomic E-state index is 0.360. The maximum Gasteiger partial charge on any atom is 0.342 e. The van der Waals surface area contributed by atoms with Crippen molar-refractivity contribution < 1.29 is 28.7 Å². The third-order valence-electron chi connectivity index (χ3n) is 3.56. The SMILES string of the molecule is N[C@@H](CSSC[C@H](N)C(=O)ON1CCOCC1)C(=O)ON1CCOCC1. The van der Waals surface area contributed by atoms with Gasteiger partial charge in [0.25, 0.3) is 0 Å². The highest BCUT2D eigenvalue weighted by atomic mass is 33.1. The highest BCUT2D eigenvalue weighted by Crippen LogP contribution is 2.23. The maximum atomic E-state index is 11.9. The first-order chi connectivity index (χ1) is 12.6. The minimum Gasteiger partial charge on any atom is -0.379 e. The van der Waals surface area contributed by atoms with Crippen LogP contribution < -0.4 is 11.5 Å². The minimum atomic E-state index is -0.744. The molecule has 0 unspecified atom stereocenters. The van der Waals surface area contributed by atoms with Crippen LogP contribution >= 0.6 is 21.6 Å². The van der Waals surface area contributed by atoms with Gasteiger partial charge in [-0.1, -0.05) is 21.6 Å².